The maximum Gasteiger partial charge on any atom is 0.321 e. The minimum Gasteiger partial charge on any atom is -0.456 e. The van der Waals surface area contributed by atoms with Gasteiger partial charge in [-0.2, -0.15) is 18.9 Å². The van der Waals surface area contributed by atoms with E-state index in [0.29, 0.717) is 0 Å². The van der Waals surface area contributed by atoms with Gasteiger partial charge in [0, 0.05) is 49.6 Å². The molecule has 0 saturated carbocycles. The van der Waals surface area contributed by atoms with Crippen LogP contribution >= 0.6 is 0 Å². The summed E-state index contributed by atoms with van der Waals surface area (Å²) in [5.41, 5.74) is 19.0. The van der Waals surface area contributed by atoms with Gasteiger partial charge in [0.25, 0.3) is 11.6 Å². The van der Waals surface area contributed by atoms with E-state index >= 15 is 0 Å². The van der Waals surface area contributed by atoms with Crippen molar-refractivity contribution in [2.24, 2.45) is 0 Å². The van der Waals surface area contributed by atoms with Gasteiger partial charge in [0.2, 0.25) is 0 Å². The minimum absolute atomic E-state index is 0.239. The number of nitrogens with zero attached hydrogens (tertiary/aromatic N) is 4. The van der Waals surface area contributed by atoms with Crippen LogP contribution in [0.4, 0.5) is 34.4 Å². The first-order valence-corrected chi connectivity index (χ1v) is 19.7. The summed E-state index contributed by atoms with van der Waals surface area (Å²) >= 11 is 0. The van der Waals surface area contributed by atoms with Crippen LogP contribution in [0.2, 0.25) is 0 Å². The fourth-order valence-electron chi connectivity index (χ4n) is 12.3. The monoisotopic (exact) mass is 710 g/mol. The molecule has 0 N–H and O–H groups in total. The van der Waals surface area contributed by atoms with Crippen LogP contribution in [-0.4, -0.2) is 0 Å². The molecule has 0 saturated heterocycles. The molecule has 0 fully saturated rings. The van der Waals surface area contributed by atoms with Gasteiger partial charge >= 0.3 is 5.66 Å². The Hall–Kier alpha value is -6.20. The van der Waals surface area contributed by atoms with Crippen LogP contribution < -0.4 is 23.7 Å². The number of anilines is 6. The summed E-state index contributed by atoms with van der Waals surface area (Å²) in [5.74, 6) is 4.26. The van der Waals surface area contributed by atoms with Gasteiger partial charge in [-0.15, -0.1) is 0 Å². The van der Waals surface area contributed by atoms with Crippen molar-refractivity contribution < 1.29 is 13.9 Å². The topological polar surface area (TPSA) is 23.5 Å². The fourth-order valence-corrected chi connectivity index (χ4v) is 12.3. The van der Waals surface area contributed by atoms with Crippen molar-refractivity contribution in [2.75, 3.05) is 9.80 Å². The van der Waals surface area contributed by atoms with Crippen molar-refractivity contribution >= 4 is 34.4 Å². The lowest BCUT2D eigenvalue weighted by atomic mass is 9.64. The quantitative estimate of drug-likeness (QED) is 0.146. The molecule has 5 heteroatoms. The number of hydrogen-bond acceptors (Lipinski definition) is 3. The Morgan fingerprint density at radius 1 is 0.400 bits per heavy atom. The van der Waals surface area contributed by atoms with Crippen LogP contribution in [0.5, 0.6) is 11.5 Å². The zero-order valence-corrected chi connectivity index (χ0v) is 31.7. The van der Waals surface area contributed by atoms with Gasteiger partial charge in [-0.1, -0.05) is 114 Å². The van der Waals surface area contributed by atoms with Crippen molar-refractivity contribution in [2.45, 2.75) is 63.5 Å². The molecule has 55 heavy (non-hydrogen) atoms. The Morgan fingerprint density at radius 3 is 1.51 bits per heavy atom. The van der Waals surface area contributed by atoms with E-state index in [9.17, 15) is 0 Å². The molecule has 0 radical (unpaired) electrons. The Bertz CT molecular complexity index is 3060. The molecule has 0 aliphatic carbocycles. The third-order valence-corrected chi connectivity index (χ3v) is 14.8. The third-order valence-electron chi connectivity index (χ3n) is 14.8. The van der Waals surface area contributed by atoms with Crippen LogP contribution in [0.25, 0.3) is 22.3 Å². The molecule has 0 bridgehead atoms. The molecule has 0 amide bonds. The first-order valence-electron chi connectivity index (χ1n) is 19.7. The highest BCUT2D eigenvalue weighted by atomic mass is 16.5. The van der Waals surface area contributed by atoms with Crippen molar-refractivity contribution in [1.82, 2.24) is 0 Å². The van der Waals surface area contributed by atoms with Crippen molar-refractivity contribution in [3.63, 3.8) is 0 Å². The predicted molar refractivity (Wildman–Crippen MR) is 215 cm³/mol. The van der Waals surface area contributed by atoms with E-state index in [-0.39, 0.29) is 16.2 Å². The molecule has 1 unspecified atom stereocenters. The number of rotatable bonds is 0. The summed E-state index contributed by atoms with van der Waals surface area (Å²) in [6, 6.07) is 41.5. The lowest BCUT2D eigenvalue weighted by Gasteiger charge is -2.53. The fraction of sp³-hybridized carbons (Fsp3) is 0.200. The summed E-state index contributed by atoms with van der Waals surface area (Å²) in [5, 5.41) is 0. The van der Waals surface area contributed by atoms with Gasteiger partial charge in [0.15, 0.2) is 11.4 Å². The Labute approximate surface area is 320 Å². The molecule has 7 aliphatic rings. The Kier molecular flexibility index (Phi) is 4.53. The van der Waals surface area contributed by atoms with Crippen molar-refractivity contribution in [3.05, 3.63) is 166 Å². The zero-order valence-electron chi connectivity index (χ0n) is 31.7. The number of pyridine rings is 2. The molecule has 7 aliphatic heterocycles. The average molecular weight is 711 g/mol. The number of benzene rings is 5. The van der Waals surface area contributed by atoms with Gasteiger partial charge < -0.3 is 4.74 Å². The Morgan fingerprint density at radius 2 is 0.855 bits per heavy atom. The second-order valence-corrected chi connectivity index (χ2v) is 18.2. The lowest BCUT2D eigenvalue weighted by molar-refractivity contribution is -0.963. The zero-order chi connectivity index (χ0) is 36.7. The maximum absolute atomic E-state index is 7.30. The van der Waals surface area contributed by atoms with Crippen LogP contribution in [0, 0.1) is 0 Å². The second-order valence-electron chi connectivity index (χ2n) is 18.2. The molecule has 2 aromatic heterocycles. The van der Waals surface area contributed by atoms with Crippen molar-refractivity contribution in [1.29, 1.82) is 0 Å². The number of para-hydroxylation sites is 2. The smallest absolute Gasteiger partial charge is 0.321 e. The highest BCUT2D eigenvalue weighted by Gasteiger charge is 2.71. The normalized spacial score (nSPS) is 20.8. The molecule has 262 valence electrons. The van der Waals surface area contributed by atoms with Gasteiger partial charge in [0.1, 0.15) is 34.0 Å². The van der Waals surface area contributed by atoms with Crippen LogP contribution in [-0.2, 0) is 21.9 Å². The van der Waals surface area contributed by atoms with Gasteiger partial charge in [-0.25, -0.2) is 0 Å². The van der Waals surface area contributed by atoms with Crippen LogP contribution in [0.1, 0.15) is 86.1 Å². The highest BCUT2D eigenvalue weighted by molar-refractivity contribution is 6.06. The molecule has 1 spiro atoms. The van der Waals surface area contributed by atoms with E-state index in [4.69, 9.17) is 4.74 Å². The summed E-state index contributed by atoms with van der Waals surface area (Å²) in [6.07, 6.45) is 4.71. The molecule has 5 aromatic carbocycles. The number of hydrogen-bond donors (Lipinski definition) is 0. The van der Waals surface area contributed by atoms with Crippen LogP contribution in [0.3, 0.4) is 0 Å². The Balaban J connectivity index is 1.27. The molecular formula is C50H38N4O+2. The van der Waals surface area contributed by atoms with Gasteiger partial charge in [-0.05, 0) is 47.5 Å². The van der Waals surface area contributed by atoms with Crippen LogP contribution in [0.15, 0.2) is 122 Å². The molecule has 14 rings (SSSR count). The minimum atomic E-state index is -0.805. The second kappa shape index (κ2) is 8.53. The summed E-state index contributed by atoms with van der Waals surface area (Å²) in [7, 11) is 0. The first kappa shape index (κ1) is 29.2. The number of fused-ring (bicyclic) bond motifs is 3. The molecular weight excluding hydrogens is 673 g/mol. The van der Waals surface area contributed by atoms with E-state index in [0.717, 1.165) is 11.5 Å². The predicted octanol–water partition coefficient (Wildman–Crippen LogP) is 10.8. The SMILES string of the molecule is CC1(C)c2cccc3c2N2c4c1ccc1c4C4(c5c(ccc6c5N5c7c(cccc7C(C)(C)c7ccc[n+]4c75)C6(C)C)O1)[n+]1cccc(c12)-c1ccccc1-3. The number of ether oxygens (including phenoxy) is 1. The maximum atomic E-state index is 7.30. The first-order chi connectivity index (χ1) is 26.6. The van der Waals surface area contributed by atoms with E-state index < -0.39 is 5.66 Å². The molecule has 5 nitrogen and oxygen atoms in total. The molecule has 1 atom stereocenters. The van der Waals surface area contributed by atoms with Gasteiger partial charge in [0.05, 0.1) is 23.5 Å². The number of aromatic nitrogens is 2. The third kappa shape index (κ3) is 2.75. The van der Waals surface area contributed by atoms with E-state index in [1.54, 1.807) is 0 Å². The largest absolute Gasteiger partial charge is 0.456 e. The standard InChI is InChI=1S/C50H38N4O/c1-47(2)31-17-9-15-29-27-13-7-8-14-28(27)30-16-11-25-51-45(30)53(41(29)31)43-34(47)21-23-37-39(43)50(51)40-38(55-37)24-22-35-44(40)54-42-32(48(35,3)4)18-10-19-33(42)49(5,6)36-20-12-26-52(50)46(36)54/h7-26H,1-6H3/q+2. The average Bonchev–Trinajstić information content (AvgIpc) is 3.31. The summed E-state index contributed by atoms with van der Waals surface area (Å²) in [4.78, 5) is 5.25. The molecule has 7 aromatic rings. The highest BCUT2D eigenvalue weighted by Crippen LogP contribution is 2.70. The van der Waals surface area contributed by atoms with Gasteiger partial charge in [-0.3, -0.25) is 0 Å². The summed E-state index contributed by atoms with van der Waals surface area (Å²) in [6.45, 7) is 14.5. The molecule has 9 heterocycles. The lowest BCUT2D eigenvalue weighted by Crippen LogP contribution is -2.80. The van der Waals surface area contributed by atoms with Crippen molar-refractivity contribution in [3.8, 4) is 33.8 Å². The van der Waals surface area contributed by atoms with E-state index in [2.05, 4.69) is 182 Å². The van der Waals surface area contributed by atoms with E-state index in [1.165, 1.54) is 101 Å². The summed E-state index contributed by atoms with van der Waals surface area (Å²) < 4.78 is 12.6. The van der Waals surface area contributed by atoms with E-state index in [1.807, 2.05) is 0 Å².